The zero-order chi connectivity index (χ0) is 20.2. The molecule has 0 aliphatic carbocycles. The van der Waals surface area contributed by atoms with Crippen LogP contribution in [0.5, 0.6) is 11.5 Å². The third-order valence-electron chi connectivity index (χ3n) is 3.44. The summed E-state index contributed by atoms with van der Waals surface area (Å²) in [5.74, 6) is 0.717. The number of benzene rings is 1. The van der Waals surface area contributed by atoms with Crippen molar-refractivity contribution in [2.24, 2.45) is 0 Å². The number of sulfone groups is 1. The van der Waals surface area contributed by atoms with E-state index in [1.165, 1.54) is 38.5 Å². The molecule has 0 aliphatic heterocycles. The second-order valence-electron chi connectivity index (χ2n) is 5.12. The lowest BCUT2D eigenvalue weighted by molar-refractivity contribution is -0.137. The average Bonchev–Trinajstić information content (AvgIpc) is 2.65. The first-order valence-corrected chi connectivity index (χ1v) is 8.74. The third kappa shape index (κ3) is 4.38. The monoisotopic (exact) mass is 398 g/mol. The normalized spacial score (nSPS) is 12.4. The second kappa shape index (κ2) is 7.67. The Hall–Kier alpha value is -3.06. The molecule has 0 fully saturated rings. The van der Waals surface area contributed by atoms with Crippen LogP contribution in [0.1, 0.15) is 11.1 Å². The Labute approximate surface area is 153 Å². The maximum atomic E-state index is 12.6. The first kappa shape index (κ1) is 20.3. The number of aromatic nitrogens is 1. The van der Waals surface area contributed by atoms with Crippen LogP contribution in [-0.4, -0.2) is 27.6 Å². The molecule has 142 valence electrons. The van der Waals surface area contributed by atoms with Crippen molar-refractivity contribution in [1.82, 2.24) is 4.98 Å². The van der Waals surface area contributed by atoms with Crippen LogP contribution in [0.25, 0.3) is 6.08 Å². The van der Waals surface area contributed by atoms with Crippen molar-refractivity contribution >= 4 is 15.9 Å². The van der Waals surface area contributed by atoms with Crippen LogP contribution in [0.3, 0.4) is 0 Å². The van der Waals surface area contributed by atoms with Gasteiger partial charge in [-0.3, -0.25) is 0 Å². The van der Waals surface area contributed by atoms with Gasteiger partial charge in [-0.2, -0.15) is 18.4 Å². The predicted octanol–water partition coefficient (Wildman–Crippen LogP) is 3.46. The molecule has 0 atom stereocenters. The average molecular weight is 398 g/mol. The summed E-state index contributed by atoms with van der Waals surface area (Å²) in [5, 5.41) is 8.57. The van der Waals surface area contributed by atoms with E-state index < -0.39 is 31.5 Å². The Balaban J connectivity index is 2.47. The van der Waals surface area contributed by atoms with E-state index in [0.717, 1.165) is 6.08 Å². The summed E-state index contributed by atoms with van der Waals surface area (Å²) in [4.78, 5) is 2.67. The maximum Gasteiger partial charge on any atom is 0.417 e. The fourth-order valence-corrected chi connectivity index (χ4v) is 3.16. The van der Waals surface area contributed by atoms with Crippen molar-refractivity contribution in [1.29, 1.82) is 5.26 Å². The van der Waals surface area contributed by atoms with Gasteiger partial charge in [0.05, 0.1) is 19.8 Å². The minimum absolute atomic E-state index is 0.314. The Morgan fingerprint density at radius 3 is 2.30 bits per heavy atom. The van der Waals surface area contributed by atoms with Gasteiger partial charge >= 0.3 is 6.18 Å². The Kier molecular flexibility index (Phi) is 5.75. The van der Waals surface area contributed by atoms with E-state index in [1.54, 1.807) is 0 Å². The number of rotatable bonds is 5. The molecule has 27 heavy (non-hydrogen) atoms. The van der Waals surface area contributed by atoms with Crippen molar-refractivity contribution in [3.8, 4) is 17.6 Å². The van der Waals surface area contributed by atoms with E-state index in [4.69, 9.17) is 9.47 Å². The molecule has 1 aromatic heterocycles. The standard InChI is InChI=1S/C17H13F3N2O4S/c1-25-14-5-3-11(8-15(14)26-2)7-13(9-21)27(23,24)16-6-4-12(10-22-16)17(18,19)20/h3-8,10H,1-2H3/b13-7+. The second-order valence-corrected chi connectivity index (χ2v) is 6.99. The summed E-state index contributed by atoms with van der Waals surface area (Å²) in [6.45, 7) is 0. The lowest BCUT2D eigenvalue weighted by Crippen LogP contribution is -2.09. The molecular weight excluding hydrogens is 385 g/mol. The molecule has 2 aromatic rings. The zero-order valence-electron chi connectivity index (χ0n) is 14.1. The summed E-state index contributed by atoms with van der Waals surface area (Å²) >= 11 is 0. The van der Waals surface area contributed by atoms with Crippen LogP contribution in [0, 0.1) is 11.3 Å². The fourth-order valence-electron chi connectivity index (χ4n) is 2.08. The predicted molar refractivity (Wildman–Crippen MR) is 89.6 cm³/mol. The molecule has 1 aromatic carbocycles. The van der Waals surface area contributed by atoms with Gasteiger partial charge in [-0.15, -0.1) is 0 Å². The number of pyridine rings is 1. The quantitative estimate of drug-likeness (QED) is 0.717. The van der Waals surface area contributed by atoms with Crippen LogP contribution in [0.2, 0.25) is 0 Å². The van der Waals surface area contributed by atoms with Crippen LogP contribution in [0.15, 0.2) is 46.5 Å². The van der Waals surface area contributed by atoms with Gasteiger partial charge in [0.15, 0.2) is 21.4 Å². The molecule has 0 spiro atoms. The van der Waals surface area contributed by atoms with E-state index in [1.807, 2.05) is 0 Å². The van der Waals surface area contributed by atoms with E-state index >= 15 is 0 Å². The number of nitriles is 1. The molecular formula is C17H13F3N2O4S. The van der Waals surface area contributed by atoms with Gasteiger partial charge in [-0.25, -0.2) is 13.4 Å². The van der Waals surface area contributed by atoms with Gasteiger partial charge in [0.25, 0.3) is 0 Å². The minimum atomic E-state index is -4.65. The van der Waals surface area contributed by atoms with E-state index in [9.17, 15) is 26.9 Å². The van der Waals surface area contributed by atoms with Gasteiger partial charge < -0.3 is 9.47 Å². The maximum absolute atomic E-state index is 12.6. The van der Waals surface area contributed by atoms with Gasteiger partial charge in [0.1, 0.15) is 6.07 Å². The number of hydrogen-bond donors (Lipinski definition) is 0. The molecule has 0 saturated carbocycles. The van der Waals surface area contributed by atoms with Crippen molar-refractivity contribution in [3.63, 3.8) is 0 Å². The molecule has 6 nitrogen and oxygen atoms in total. The van der Waals surface area contributed by atoms with E-state index in [0.29, 0.717) is 35.4 Å². The van der Waals surface area contributed by atoms with E-state index in [2.05, 4.69) is 4.98 Å². The van der Waals surface area contributed by atoms with Crippen molar-refractivity contribution in [3.05, 3.63) is 52.6 Å². The molecule has 0 N–H and O–H groups in total. The zero-order valence-corrected chi connectivity index (χ0v) is 14.9. The van der Waals surface area contributed by atoms with Crippen molar-refractivity contribution < 1.29 is 31.1 Å². The fraction of sp³-hybridized carbons (Fsp3) is 0.176. The topological polar surface area (TPSA) is 89.3 Å². The van der Waals surface area contributed by atoms with Gasteiger partial charge in [0.2, 0.25) is 9.84 Å². The lowest BCUT2D eigenvalue weighted by Gasteiger charge is -2.09. The highest BCUT2D eigenvalue weighted by Gasteiger charge is 2.32. The Morgan fingerprint density at radius 2 is 1.81 bits per heavy atom. The molecule has 0 aliphatic rings. The Bertz CT molecular complexity index is 1010. The van der Waals surface area contributed by atoms with E-state index in [-0.39, 0.29) is 0 Å². The van der Waals surface area contributed by atoms with Gasteiger partial charge in [-0.05, 0) is 35.9 Å². The van der Waals surface area contributed by atoms with Gasteiger partial charge in [-0.1, -0.05) is 6.07 Å². The lowest BCUT2D eigenvalue weighted by atomic mass is 10.2. The first-order chi connectivity index (χ1) is 12.6. The molecule has 2 rings (SSSR count). The minimum Gasteiger partial charge on any atom is -0.493 e. The van der Waals surface area contributed by atoms with Crippen LogP contribution < -0.4 is 9.47 Å². The van der Waals surface area contributed by atoms with Crippen LogP contribution >= 0.6 is 0 Å². The van der Waals surface area contributed by atoms with Gasteiger partial charge in [0, 0.05) is 6.20 Å². The molecule has 0 bridgehead atoms. The largest absolute Gasteiger partial charge is 0.493 e. The molecule has 1 heterocycles. The molecule has 0 radical (unpaired) electrons. The number of halogens is 3. The third-order valence-corrected chi connectivity index (χ3v) is 5.02. The van der Waals surface area contributed by atoms with Crippen molar-refractivity contribution in [2.75, 3.05) is 14.2 Å². The highest BCUT2D eigenvalue weighted by Crippen LogP contribution is 2.31. The summed E-state index contributed by atoms with van der Waals surface area (Å²) in [5.41, 5.74) is -0.775. The van der Waals surface area contributed by atoms with Crippen molar-refractivity contribution in [2.45, 2.75) is 11.2 Å². The number of allylic oxidation sites excluding steroid dienone is 1. The highest BCUT2D eigenvalue weighted by molar-refractivity contribution is 7.95. The SMILES string of the molecule is COc1ccc(/C=C(\C#N)S(=O)(=O)c2ccc(C(F)(F)F)cn2)cc1OC. The van der Waals surface area contributed by atoms with Crippen LogP contribution in [-0.2, 0) is 16.0 Å². The Morgan fingerprint density at radius 1 is 1.15 bits per heavy atom. The molecule has 10 heteroatoms. The molecule has 0 saturated heterocycles. The number of nitrogens with zero attached hydrogens (tertiary/aromatic N) is 2. The van der Waals surface area contributed by atoms with Crippen LogP contribution in [0.4, 0.5) is 13.2 Å². The number of methoxy groups -OCH3 is 2. The summed E-state index contributed by atoms with van der Waals surface area (Å²) in [6, 6.07) is 7.30. The number of hydrogen-bond acceptors (Lipinski definition) is 6. The number of ether oxygens (including phenoxy) is 2. The smallest absolute Gasteiger partial charge is 0.417 e. The summed E-state index contributed by atoms with van der Waals surface area (Å²) in [6.07, 6.45) is -3.18. The molecule has 0 amide bonds. The first-order valence-electron chi connectivity index (χ1n) is 7.25. The number of alkyl halides is 3. The summed E-state index contributed by atoms with van der Waals surface area (Å²) in [7, 11) is -1.58. The summed E-state index contributed by atoms with van der Waals surface area (Å²) < 4.78 is 73.0. The molecule has 0 unspecified atom stereocenters. The highest BCUT2D eigenvalue weighted by atomic mass is 32.2.